The van der Waals surface area contributed by atoms with E-state index in [-0.39, 0.29) is 30.9 Å². The molecule has 1 aliphatic rings. The molecule has 2 aromatic rings. The fraction of sp³-hybridized carbons (Fsp3) is 0.350. The van der Waals surface area contributed by atoms with E-state index in [1.54, 1.807) is 24.1 Å². The quantitative estimate of drug-likeness (QED) is 0.816. The largest absolute Gasteiger partial charge is 0.486 e. The Kier molecular flexibility index (Phi) is 6.19. The number of halogens is 2. The lowest BCUT2D eigenvalue weighted by molar-refractivity contribution is -0.122. The van der Waals surface area contributed by atoms with Crippen molar-refractivity contribution in [3.8, 4) is 11.5 Å². The van der Waals surface area contributed by atoms with Gasteiger partial charge in [0.1, 0.15) is 19.0 Å². The first kappa shape index (κ1) is 19.5. The van der Waals surface area contributed by atoms with Crippen molar-refractivity contribution < 1.29 is 18.7 Å². The fourth-order valence-electron chi connectivity index (χ4n) is 2.95. The van der Waals surface area contributed by atoms with Crippen LogP contribution in [0.15, 0.2) is 36.4 Å². The van der Waals surface area contributed by atoms with E-state index in [1.807, 2.05) is 25.1 Å². The summed E-state index contributed by atoms with van der Waals surface area (Å²) in [5, 5.41) is 3.30. The van der Waals surface area contributed by atoms with Crippen LogP contribution in [0.25, 0.3) is 0 Å². The molecule has 1 amide bonds. The molecule has 0 aromatic heterocycles. The minimum atomic E-state index is -0.376. The second kappa shape index (κ2) is 8.59. The molecular formula is C20H22ClFN2O3. The summed E-state index contributed by atoms with van der Waals surface area (Å²) in [7, 11) is 1.75. The summed E-state index contributed by atoms with van der Waals surface area (Å²) in [6.07, 6.45) is 0. The maximum absolute atomic E-state index is 13.9. The third kappa shape index (κ3) is 4.90. The molecule has 3 rings (SSSR count). The number of hydrogen-bond acceptors (Lipinski definition) is 4. The van der Waals surface area contributed by atoms with Crippen LogP contribution < -0.4 is 14.8 Å². The van der Waals surface area contributed by atoms with E-state index < -0.39 is 0 Å². The summed E-state index contributed by atoms with van der Waals surface area (Å²) < 4.78 is 25.0. The smallest absolute Gasteiger partial charge is 0.234 e. The van der Waals surface area contributed by atoms with Crippen LogP contribution >= 0.6 is 11.6 Å². The van der Waals surface area contributed by atoms with Crippen LogP contribution in [0.3, 0.4) is 0 Å². The number of carbonyl (C=O) groups excluding carboxylic acids is 1. The molecule has 1 atom stereocenters. The summed E-state index contributed by atoms with van der Waals surface area (Å²) in [6, 6.07) is 9.99. The average molecular weight is 393 g/mol. The van der Waals surface area contributed by atoms with E-state index in [0.717, 1.165) is 5.56 Å². The Morgan fingerprint density at radius 1 is 1.26 bits per heavy atom. The first-order valence-corrected chi connectivity index (χ1v) is 9.12. The van der Waals surface area contributed by atoms with Gasteiger partial charge in [-0.1, -0.05) is 23.7 Å². The van der Waals surface area contributed by atoms with Crippen LogP contribution in [0.4, 0.5) is 4.39 Å². The first-order chi connectivity index (χ1) is 12.9. The van der Waals surface area contributed by atoms with Gasteiger partial charge >= 0.3 is 0 Å². The lowest BCUT2D eigenvalue weighted by Crippen LogP contribution is -2.36. The number of nitrogens with zero attached hydrogens (tertiary/aromatic N) is 1. The maximum atomic E-state index is 13.9. The minimum Gasteiger partial charge on any atom is -0.486 e. The van der Waals surface area contributed by atoms with Crippen LogP contribution in [-0.2, 0) is 11.3 Å². The molecule has 0 saturated carbocycles. The molecule has 7 heteroatoms. The van der Waals surface area contributed by atoms with Crippen molar-refractivity contribution in [2.75, 3.05) is 26.8 Å². The molecule has 144 valence electrons. The van der Waals surface area contributed by atoms with Crippen molar-refractivity contribution in [2.24, 2.45) is 0 Å². The zero-order valence-electron chi connectivity index (χ0n) is 15.3. The van der Waals surface area contributed by atoms with Gasteiger partial charge in [0.05, 0.1) is 12.6 Å². The van der Waals surface area contributed by atoms with Gasteiger partial charge in [-0.25, -0.2) is 4.39 Å². The number of likely N-dealkylation sites (N-methyl/N-ethyl adjacent to an activating group) is 1. The Labute approximate surface area is 163 Å². The second-order valence-electron chi connectivity index (χ2n) is 6.56. The van der Waals surface area contributed by atoms with Crippen molar-refractivity contribution in [2.45, 2.75) is 19.5 Å². The maximum Gasteiger partial charge on any atom is 0.234 e. The third-order valence-corrected chi connectivity index (χ3v) is 4.70. The molecule has 0 spiro atoms. The zero-order chi connectivity index (χ0) is 19.4. The lowest BCUT2D eigenvalue weighted by atomic mass is 10.1. The second-order valence-corrected chi connectivity index (χ2v) is 6.97. The standard InChI is InChI=1S/C20H22ClFN2O3/c1-13(14-6-7-18-19(10-14)27-9-8-26-18)23-20(25)12-24(2)11-15-16(21)4-3-5-17(15)22/h3-7,10,13H,8-9,11-12H2,1-2H3,(H,23,25). The van der Waals surface area contributed by atoms with Crippen LogP contribution in [0.5, 0.6) is 11.5 Å². The highest BCUT2D eigenvalue weighted by Crippen LogP contribution is 2.32. The fourth-order valence-corrected chi connectivity index (χ4v) is 3.18. The van der Waals surface area contributed by atoms with Crippen molar-refractivity contribution in [1.29, 1.82) is 0 Å². The summed E-state index contributed by atoms with van der Waals surface area (Å²) in [4.78, 5) is 14.1. The molecule has 5 nitrogen and oxygen atoms in total. The minimum absolute atomic E-state index is 0.125. The normalized spacial score (nSPS) is 14.1. The molecule has 0 aliphatic carbocycles. The Hall–Kier alpha value is -2.31. The molecule has 0 saturated heterocycles. The Balaban J connectivity index is 1.57. The van der Waals surface area contributed by atoms with Crippen molar-refractivity contribution in [3.05, 3.63) is 58.4 Å². The average Bonchev–Trinajstić information content (AvgIpc) is 2.64. The molecule has 27 heavy (non-hydrogen) atoms. The molecule has 0 fully saturated rings. The van der Waals surface area contributed by atoms with Gasteiger partial charge in [0.2, 0.25) is 5.91 Å². The zero-order valence-corrected chi connectivity index (χ0v) is 16.1. The number of rotatable bonds is 6. The third-order valence-electron chi connectivity index (χ3n) is 4.35. The molecule has 1 N–H and O–H groups in total. The Bertz CT molecular complexity index is 811. The van der Waals surface area contributed by atoms with Gasteiger partial charge in [-0.05, 0) is 43.8 Å². The summed E-state index contributed by atoms with van der Waals surface area (Å²) in [5.41, 5.74) is 1.31. The topological polar surface area (TPSA) is 50.8 Å². The first-order valence-electron chi connectivity index (χ1n) is 8.74. The van der Waals surface area contributed by atoms with E-state index in [0.29, 0.717) is 35.3 Å². The number of nitrogens with one attached hydrogen (secondary N) is 1. The molecule has 0 bridgehead atoms. The van der Waals surface area contributed by atoms with Crippen LogP contribution in [-0.4, -0.2) is 37.6 Å². The van der Waals surface area contributed by atoms with Crippen molar-refractivity contribution in [3.63, 3.8) is 0 Å². The number of carbonyl (C=O) groups is 1. The summed E-state index contributed by atoms with van der Waals surface area (Å²) >= 11 is 6.04. The van der Waals surface area contributed by atoms with Gasteiger partial charge in [-0.3, -0.25) is 9.69 Å². The Morgan fingerprint density at radius 3 is 2.74 bits per heavy atom. The number of amides is 1. The highest BCUT2D eigenvalue weighted by molar-refractivity contribution is 6.31. The van der Waals surface area contributed by atoms with Crippen LogP contribution in [0, 0.1) is 5.82 Å². The van der Waals surface area contributed by atoms with E-state index in [1.165, 1.54) is 6.07 Å². The van der Waals surface area contributed by atoms with Gasteiger partial charge in [0.25, 0.3) is 0 Å². The van der Waals surface area contributed by atoms with Gasteiger partial charge in [0, 0.05) is 17.1 Å². The number of benzene rings is 2. The lowest BCUT2D eigenvalue weighted by Gasteiger charge is -2.22. The monoisotopic (exact) mass is 392 g/mol. The van der Waals surface area contributed by atoms with Gasteiger partial charge in [-0.2, -0.15) is 0 Å². The molecule has 1 unspecified atom stereocenters. The predicted octanol–water partition coefficient (Wildman–Crippen LogP) is 3.56. The number of fused-ring (bicyclic) bond motifs is 1. The molecule has 0 radical (unpaired) electrons. The summed E-state index contributed by atoms with van der Waals surface area (Å²) in [5.74, 6) is 0.864. The Morgan fingerprint density at radius 2 is 2.00 bits per heavy atom. The summed E-state index contributed by atoms with van der Waals surface area (Å²) in [6.45, 7) is 3.32. The highest BCUT2D eigenvalue weighted by Gasteiger charge is 2.17. The van der Waals surface area contributed by atoms with Crippen molar-refractivity contribution in [1.82, 2.24) is 10.2 Å². The molecule has 1 heterocycles. The van der Waals surface area contributed by atoms with Crippen LogP contribution in [0.1, 0.15) is 24.1 Å². The van der Waals surface area contributed by atoms with Crippen molar-refractivity contribution >= 4 is 17.5 Å². The molecule has 1 aliphatic heterocycles. The number of ether oxygens (including phenoxy) is 2. The van der Waals surface area contributed by atoms with E-state index >= 15 is 0 Å². The SMILES string of the molecule is CC(NC(=O)CN(C)Cc1c(F)cccc1Cl)c1ccc2c(c1)OCCO2. The van der Waals surface area contributed by atoms with E-state index in [9.17, 15) is 9.18 Å². The number of hydrogen-bond donors (Lipinski definition) is 1. The van der Waals surface area contributed by atoms with Gasteiger partial charge < -0.3 is 14.8 Å². The van der Waals surface area contributed by atoms with Crippen LogP contribution in [0.2, 0.25) is 5.02 Å². The highest BCUT2D eigenvalue weighted by atomic mass is 35.5. The van der Waals surface area contributed by atoms with Gasteiger partial charge in [0.15, 0.2) is 11.5 Å². The predicted molar refractivity (Wildman–Crippen MR) is 102 cm³/mol. The van der Waals surface area contributed by atoms with E-state index in [2.05, 4.69) is 5.32 Å². The van der Waals surface area contributed by atoms with Gasteiger partial charge in [-0.15, -0.1) is 0 Å². The molecular weight excluding hydrogens is 371 g/mol. The molecule has 2 aromatic carbocycles. The van der Waals surface area contributed by atoms with E-state index in [4.69, 9.17) is 21.1 Å².